The average molecular weight is 242 g/mol. The largest absolute Gasteiger partial charge is 0.348 e. The Morgan fingerprint density at radius 2 is 2.29 bits per heavy atom. The lowest BCUT2D eigenvalue weighted by Gasteiger charge is -2.00. The molecule has 2 aromatic heterocycles. The molecule has 0 fully saturated rings. The first kappa shape index (κ1) is 11.4. The summed E-state index contributed by atoms with van der Waals surface area (Å²) in [5, 5.41) is 11.0. The van der Waals surface area contributed by atoms with Gasteiger partial charge in [0.1, 0.15) is 11.6 Å². The van der Waals surface area contributed by atoms with Gasteiger partial charge in [-0.3, -0.25) is 4.79 Å². The number of nitriles is 1. The van der Waals surface area contributed by atoms with Gasteiger partial charge in [0.15, 0.2) is 0 Å². The molecule has 0 spiro atoms. The molecular formula is C13H10N2OS. The first-order valence-electron chi connectivity index (χ1n) is 5.03. The van der Waals surface area contributed by atoms with Crippen LogP contribution in [0.4, 0.5) is 0 Å². The van der Waals surface area contributed by atoms with Crippen molar-refractivity contribution in [2.45, 2.75) is 0 Å². The molecule has 0 saturated carbocycles. The molecule has 0 aromatic carbocycles. The van der Waals surface area contributed by atoms with Crippen LogP contribution < -0.4 is 0 Å². The second-order valence-electron chi connectivity index (χ2n) is 3.52. The van der Waals surface area contributed by atoms with Crippen molar-refractivity contribution in [2.75, 3.05) is 0 Å². The molecule has 17 heavy (non-hydrogen) atoms. The van der Waals surface area contributed by atoms with Crippen LogP contribution in [0.3, 0.4) is 0 Å². The minimum absolute atomic E-state index is 0.161. The van der Waals surface area contributed by atoms with Crippen molar-refractivity contribution in [3.05, 3.63) is 52.0 Å². The molecule has 0 aliphatic heterocycles. The van der Waals surface area contributed by atoms with Crippen molar-refractivity contribution in [2.24, 2.45) is 7.05 Å². The van der Waals surface area contributed by atoms with Crippen LogP contribution in [0.15, 0.2) is 41.4 Å². The highest BCUT2D eigenvalue weighted by molar-refractivity contribution is 7.10. The molecule has 4 heteroatoms. The topological polar surface area (TPSA) is 45.8 Å². The quantitative estimate of drug-likeness (QED) is 0.472. The Hall–Kier alpha value is -2.12. The van der Waals surface area contributed by atoms with Gasteiger partial charge < -0.3 is 4.57 Å². The Balaban J connectivity index is 2.36. The SMILES string of the molecule is Cn1cccc1C(=O)C(C#N)=Cc1cccs1. The molecule has 3 nitrogen and oxygen atoms in total. The van der Waals surface area contributed by atoms with Gasteiger partial charge in [-0.05, 0) is 29.7 Å². The van der Waals surface area contributed by atoms with Gasteiger partial charge in [-0.1, -0.05) is 6.07 Å². The highest BCUT2D eigenvalue weighted by atomic mass is 32.1. The van der Waals surface area contributed by atoms with Crippen LogP contribution in [0.5, 0.6) is 0 Å². The lowest BCUT2D eigenvalue weighted by molar-refractivity contribution is 0.103. The summed E-state index contributed by atoms with van der Waals surface area (Å²) in [4.78, 5) is 13.0. The number of Topliss-reactive ketones (excluding diaryl/α,β-unsaturated/α-hetero) is 1. The second-order valence-corrected chi connectivity index (χ2v) is 4.50. The highest BCUT2D eigenvalue weighted by Crippen LogP contribution is 2.16. The van der Waals surface area contributed by atoms with E-state index in [1.165, 1.54) is 11.3 Å². The number of nitrogens with zero attached hydrogens (tertiary/aromatic N) is 2. The van der Waals surface area contributed by atoms with Crippen molar-refractivity contribution in [3.63, 3.8) is 0 Å². The lowest BCUT2D eigenvalue weighted by Crippen LogP contribution is -2.07. The number of hydrogen-bond donors (Lipinski definition) is 0. The van der Waals surface area contributed by atoms with E-state index in [2.05, 4.69) is 0 Å². The van der Waals surface area contributed by atoms with Gasteiger partial charge in [-0.2, -0.15) is 5.26 Å². The Bertz CT molecular complexity index is 600. The summed E-state index contributed by atoms with van der Waals surface area (Å²) < 4.78 is 1.71. The van der Waals surface area contributed by atoms with Gasteiger partial charge in [0.05, 0.1) is 5.69 Å². The summed E-state index contributed by atoms with van der Waals surface area (Å²) in [5.74, 6) is -0.242. The number of thiophene rings is 1. The number of ketones is 1. The maximum Gasteiger partial charge on any atom is 0.219 e. The third-order valence-corrected chi connectivity index (χ3v) is 3.19. The first-order valence-corrected chi connectivity index (χ1v) is 5.91. The van der Waals surface area contributed by atoms with Crippen molar-refractivity contribution in [3.8, 4) is 6.07 Å². The lowest BCUT2D eigenvalue weighted by atomic mass is 10.1. The van der Waals surface area contributed by atoms with Crippen molar-refractivity contribution in [1.82, 2.24) is 4.57 Å². The van der Waals surface area contributed by atoms with Gasteiger partial charge >= 0.3 is 0 Å². The molecule has 0 unspecified atom stereocenters. The molecule has 0 amide bonds. The zero-order chi connectivity index (χ0) is 12.3. The summed E-state index contributed by atoms with van der Waals surface area (Å²) >= 11 is 1.50. The third-order valence-electron chi connectivity index (χ3n) is 2.37. The Morgan fingerprint density at radius 3 is 2.82 bits per heavy atom. The Morgan fingerprint density at radius 1 is 1.47 bits per heavy atom. The zero-order valence-electron chi connectivity index (χ0n) is 9.25. The minimum Gasteiger partial charge on any atom is -0.348 e. The summed E-state index contributed by atoms with van der Waals surface area (Å²) in [7, 11) is 1.79. The van der Waals surface area contributed by atoms with Crippen molar-refractivity contribution >= 4 is 23.2 Å². The number of aromatic nitrogens is 1. The second kappa shape index (κ2) is 4.81. The molecule has 0 saturated heterocycles. The summed E-state index contributed by atoms with van der Waals surface area (Å²) in [6, 6.07) is 9.22. The predicted molar refractivity (Wildman–Crippen MR) is 67.7 cm³/mol. The van der Waals surface area contributed by atoms with Gasteiger partial charge in [0.2, 0.25) is 5.78 Å². The van der Waals surface area contributed by atoms with Gasteiger partial charge in [-0.25, -0.2) is 0 Å². The Labute approximate surface area is 103 Å². The van der Waals surface area contributed by atoms with Gasteiger partial charge in [0, 0.05) is 18.1 Å². The maximum atomic E-state index is 12.1. The molecule has 0 atom stereocenters. The van der Waals surface area contributed by atoms with E-state index in [1.807, 2.05) is 23.6 Å². The number of rotatable bonds is 3. The van der Waals surface area contributed by atoms with Crippen LogP contribution in [-0.2, 0) is 7.05 Å². The number of carbonyl (C=O) groups is 1. The fraction of sp³-hybridized carbons (Fsp3) is 0.0769. The molecule has 0 N–H and O–H groups in total. The van der Waals surface area contributed by atoms with E-state index >= 15 is 0 Å². The number of allylic oxidation sites excluding steroid dienone is 1. The summed E-state index contributed by atoms with van der Waals surface area (Å²) in [6.07, 6.45) is 3.41. The van der Waals surface area contributed by atoms with Gasteiger partial charge in [0.25, 0.3) is 0 Å². The van der Waals surface area contributed by atoms with Crippen LogP contribution in [0.25, 0.3) is 6.08 Å². The number of hydrogen-bond acceptors (Lipinski definition) is 3. The monoisotopic (exact) mass is 242 g/mol. The van der Waals surface area contributed by atoms with E-state index in [9.17, 15) is 4.79 Å². The first-order chi connectivity index (χ1) is 8.22. The summed E-state index contributed by atoms with van der Waals surface area (Å²) in [6.45, 7) is 0. The fourth-order valence-corrected chi connectivity index (χ4v) is 2.16. The van der Waals surface area contributed by atoms with E-state index in [-0.39, 0.29) is 11.4 Å². The molecule has 0 bridgehead atoms. The van der Waals surface area contributed by atoms with E-state index in [1.54, 1.807) is 36.0 Å². The molecule has 0 aliphatic rings. The molecule has 2 rings (SSSR count). The molecule has 84 valence electrons. The van der Waals surface area contributed by atoms with Gasteiger partial charge in [-0.15, -0.1) is 11.3 Å². The molecule has 0 radical (unpaired) electrons. The number of carbonyl (C=O) groups excluding carboxylic acids is 1. The van der Waals surface area contributed by atoms with Crippen LogP contribution in [0.1, 0.15) is 15.4 Å². The smallest absolute Gasteiger partial charge is 0.219 e. The van der Waals surface area contributed by atoms with E-state index in [0.29, 0.717) is 5.69 Å². The van der Waals surface area contributed by atoms with Crippen LogP contribution in [0.2, 0.25) is 0 Å². The van der Waals surface area contributed by atoms with Crippen molar-refractivity contribution < 1.29 is 4.79 Å². The van der Waals surface area contributed by atoms with E-state index < -0.39 is 0 Å². The minimum atomic E-state index is -0.242. The normalized spacial score (nSPS) is 11.2. The predicted octanol–water partition coefficient (Wildman–Crippen LogP) is 2.88. The zero-order valence-corrected chi connectivity index (χ0v) is 10.1. The Kier molecular flexibility index (Phi) is 3.22. The van der Waals surface area contributed by atoms with Crippen LogP contribution >= 0.6 is 11.3 Å². The number of aryl methyl sites for hydroxylation is 1. The molecular weight excluding hydrogens is 232 g/mol. The van der Waals surface area contributed by atoms with Crippen LogP contribution in [0, 0.1) is 11.3 Å². The van der Waals surface area contributed by atoms with E-state index in [0.717, 1.165) is 4.88 Å². The summed E-state index contributed by atoms with van der Waals surface area (Å²) in [5.41, 5.74) is 0.684. The highest BCUT2D eigenvalue weighted by Gasteiger charge is 2.14. The van der Waals surface area contributed by atoms with Crippen LogP contribution in [-0.4, -0.2) is 10.4 Å². The molecule has 0 aliphatic carbocycles. The molecule has 2 heterocycles. The average Bonchev–Trinajstić information content (AvgIpc) is 2.96. The van der Waals surface area contributed by atoms with E-state index in [4.69, 9.17) is 5.26 Å². The van der Waals surface area contributed by atoms with Crippen molar-refractivity contribution in [1.29, 1.82) is 5.26 Å². The maximum absolute atomic E-state index is 12.1. The molecule has 2 aromatic rings. The standard InChI is InChI=1S/C13H10N2OS/c1-15-6-2-5-12(15)13(16)10(9-14)8-11-4-3-7-17-11/h2-8H,1H3. The fourth-order valence-electron chi connectivity index (χ4n) is 1.50. The third kappa shape index (κ3) is 2.35.